The van der Waals surface area contributed by atoms with E-state index in [9.17, 15) is 14.0 Å². The summed E-state index contributed by atoms with van der Waals surface area (Å²) in [6.07, 6.45) is 1.49. The number of nitrogens with zero attached hydrogens (tertiary/aromatic N) is 2. The molecule has 3 aromatic carbocycles. The first-order valence-electron chi connectivity index (χ1n) is 10.6. The van der Waals surface area contributed by atoms with Gasteiger partial charge in [0.1, 0.15) is 5.82 Å². The van der Waals surface area contributed by atoms with Crippen molar-refractivity contribution in [2.45, 2.75) is 19.3 Å². The summed E-state index contributed by atoms with van der Waals surface area (Å²) in [5.74, 6) is -0.475. The molecule has 1 aliphatic heterocycles. The molecule has 0 unspecified atom stereocenters. The highest BCUT2D eigenvalue weighted by atomic mass is 19.1. The average molecular weight is 416 g/mol. The Kier molecular flexibility index (Phi) is 6.41. The standard InChI is InChI=1S/C26H25FN2O2/c27-24-11-5-7-21(19-24)13-17-29-25(30)14-16-28(26(29)31)15-12-20-6-4-10-23(18-20)22-8-2-1-3-9-22/h1-11,18-19H,12-17H2. The van der Waals surface area contributed by atoms with Crippen LogP contribution in [0.25, 0.3) is 11.1 Å². The van der Waals surface area contributed by atoms with Gasteiger partial charge in [-0.25, -0.2) is 9.18 Å². The van der Waals surface area contributed by atoms with Gasteiger partial charge >= 0.3 is 6.03 Å². The molecule has 158 valence electrons. The zero-order valence-corrected chi connectivity index (χ0v) is 17.3. The first kappa shape index (κ1) is 20.8. The van der Waals surface area contributed by atoms with E-state index >= 15 is 0 Å². The lowest BCUT2D eigenvalue weighted by atomic mass is 10.0. The van der Waals surface area contributed by atoms with Crippen molar-refractivity contribution in [2.24, 2.45) is 0 Å². The fraction of sp³-hybridized carbons (Fsp3) is 0.231. The Bertz CT molecular complexity index is 1070. The van der Waals surface area contributed by atoms with Crippen LogP contribution in [0.15, 0.2) is 78.9 Å². The number of hydrogen-bond acceptors (Lipinski definition) is 2. The maximum absolute atomic E-state index is 13.4. The van der Waals surface area contributed by atoms with Crippen LogP contribution in [0.2, 0.25) is 0 Å². The summed E-state index contributed by atoms with van der Waals surface area (Å²) >= 11 is 0. The van der Waals surface area contributed by atoms with Gasteiger partial charge in [-0.15, -0.1) is 0 Å². The second kappa shape index (κ2) is 9.56. The van der Waals surface area contributed by atoms with Gasteiger partial charge in [-0.2, -0.15) is 0 Å². The summed E-state index contributed by atoms with van der Waals surface area (Å²) in [6, 6.07) is 24.5. The number of carbonyl (C=O) groups is 2. The highest BCUT2D eigenvalue weighted by Crippen LogP contribution is 2.21. The van der Waals surface area contributed by atoms with Crippen molar-refractivity contribution in [3.05, 3.63) is 95.8 Å². The van der Waals surface area contributed by atoms with Crippen LogP contribution in [0.5, 0.6) is 0 Å². The molecule has 0 saturated carbocycles. The number of benzene rings is 3. The number of halogens is 1. The minimum Gasteiger partial charge on any atom is -0.323 e. The number of rotatable bonds is 7. The number of amides is 3. The zero-order valence-electron chi connectivity index (χ0n) is 17.3. The second-order valence-electron chi connectivity index (χ2n) is 7.76. The minimum atomic E-state index is -0.312. The predicted octanol–water partition coefficient (Wildman–Crippen LogP) is 4.93. The molecule has 5 heteroatoms. The number of carbonyl (C=O) groups excluding carboxylic acids is 2. The lowest BCUT2D eigenvalue weighted by Gasteiger charge is -2.34. The highest BCUT2D eigenvalue weighted by molar-refractivity contribution is 5.96. The fourth-order valence-corrected chi connectivity index (χ4v) is 3.90. The van der Waals surface area contributed by atoms with Crippen molar-refractivity contribution in [3.8, 4) is 11.1 Å². The Balaban J connectivity index is 1.38. The number of urea groups is 1. The Morgan fingerprint density at radius 3 is 2.19 bits per heavy atom. The third-order valence-electron chi connectivity index (χ3n) is 5.62. The third kappa shape index (κ3) is 5.18. The normalized spacial score (nSPS) is 14.2. The zero-order chi connectivity index (χ0) is 21.6. The molecule has 31 heavy (non-hydrogen) atoms. The van der Waals surface area contributed by atoms with Crippen LogP contribution in [0.3, 0.4) is 0 Å². The molecule has 0 spiro atoms. The molecule has 3 aromatic rings. The molecule has 1 saturated heterocycles. The van der Waals surface area contributed by atoms with E-state index in [0.717, 1.165) is 28.7 Å². The van der Waals surface area contributed by atoms with Gasteiger partial charge in [-0.3, -0.25) is 9.69 Å². The first-order valence-corrected chi connectivity index (χ1v) is 10.6. The molecule has 0 aliphatic carbocycles. The highest BCUT2D eigenvalue weighted by Gasteiger charge is 2.31. The predicted molar refractivity (Wildman–Crippen MR) is 119 cm³/mol. The summed E-state index contributed by atoms with van der Waals surface area (Å²) in [5.41, 5.74) is 4.23. The van der Waals surface area contributed by atoms with E-state index in [1.165, 1.54) is 17.0 Å². The van der Waals surface area contributed by atoms with Crippen molar-refractivity contribution in [3.63, 3.8) is 0 Å². The summed E-state index contributed by atoms with van der Waals surface area (Å²) in [4.78, 5) is 28.2. The third-order valence-corrected chi connectivity index (χ3v) is 5.62. The molecular formula is C26H25FN2O2. The van der Waals surface area contributed by atoms with E-state index in [-0.39, 0.29) is 24.3 Å². The van der Waals surface area contributed by atoms with Crippen molar-refractivity contribution in [1.82, 2.24) is 9.80 Å². The maximum Gasteiger partial charge on any atom is 0.326 e. The topological polar surface area (TPSA) is 40.6 Å². The van der Waals surface area contributed by atoms with Gasteiger partial charge in [0.25, 0.3) is 0 Å². The van der Waals surface area contributed by atoms with Crippen molar-refractivity contribution in [1.29, 1.82) is 0 Å². The van der Waals surface area contributed by atoms with E-state index in [4.69, 9.17) is 0 Å². The molecule has 0 radical (unpaired) electrons. The Morgan fingerprint density at radius 1 is 0.742 bits per heavy atom. The smallest absolute Gasteiger partial charge is 0.323 e. The molecule has 4 nitrogen and oxygen atoms in total. The van der Waals surface area contributed by atoms with Crippen LogP contribution in [-0.4, -0.2) is 41.4 Å². The monoisotopic (exact) mass is 416 g/mol. The van der Waals surface area contributed by atoms with Gasteiger partial charge in [0.05, 0.1) is 0 Å². The van der Waals surface area contributed by atoms with Gasteiger partial charge < -0.3 is 4.90 Å². The summed E-state index contributed by atoms with van der Waals surface area (Å²) < 4.78 is 13.4. The molecule has 0 atom stereocenters. The quantitative estimate of drug-likeness (QED) is 0.548. The Hall–Kier alpha value is -3.47. The van der Waals surface area contributed by atoms with Gasteiger partial charge in [0.2, 0.25) is 5.91 Å². The minimum absolute atomic E-state index is 0.163. The average Bonchev–Trinajstić information content (AvgIpc) is 2.79. The fourth-order valence-electron chi connectivity index (χ4n) is 3.90. The van der Waals surface area contributed by atoms with Gasteiger partial charge in [-0.05, 0) is 47.2 Å². The maximum atomic E-state index is 13.4. The molecular weight excluding hydrogens is 391 g/mol. The van der Waals surface area contributed by atoms with E-state index in [0.29, 0.717) is 25.9 Å². The molecule has 1 heterocycles. The molecule has 0 N–H and O–H groups in total. The van der Waals surface area contributed by atoms with E-state index in [2.05, 4.69) is 30.3 Å². The number of imide groups is 1. The molecule has 4 rings (SSSR count). The van der Waals surface area contributed by atoms with Crippen LogP contribution in [0, 0.1) is 5.82 Å². The second-order valence-corrected chi connectivity index (χ2v) is 7.76. The summed E-state index contributed by atoms with van der Waals surface area (Å²) in [7, 11) is 0. The van der Waals surface area contributed by atoms with Crippen LogP contribution in [0.1, 0.15) is 17.5 Å². The summed E-state index contributed by atoms with van der Waals surface area (Å²) in [6.45, 7) is 1.26. The molecule has 1 aliphatic rings. The van der Waals surface area contributed by atoms with Crippen molar-refractivity contribution < 1.29 is 14.0 Å². The van der Waals surface area contributed by atoms with Crippen molar-refractivity contribution in [2.75, 3.05) is 19.6 Å². The SMILES string of the molecule is O=C1CCN(CCc2cccc(-c3ccccc3)c2)C(=O)N1CCc1cccc(F)c1. The van der Waals surface area contributed by atoms with Crippen LogP contribution in [0.4, 0.5) is 9.18 Å². The molecule has 1 fully saturated rings. The van der Waals surface area contributed by atoms with Crippen LogP contribution in [-0.2, 0) is 17.6 Å². The van der Waals surface area contributed by atoms with Gasteiger partial charge in [0.15, 0.2) is 0 Å². The van der Waals surface area contributed by atoms with E-state index < -0.39 is 0 Å². The Morgan fingerprint density at radius 2 is 1.42 bits per heavy atom. The molecule has 0 bridgehead atoms. The first-order chi connectivity index (χ1) is 15.1. The summed E-state index contributed by atoms with van der Waals surface area (Å²) in [5, 5.41) is 0. The van der Waals surface area contributed by atoms with Crippen molar-refractivity contribution >= 4 is 11.9 Å². The molecule has 3 amide bonds. The van der Waals surface area contributed by atoms with Crippen LogP contribution < -0.4 is 0 Å². The molecule has 0 aromatic heterocycles. The number of hydrogen-bond donors (Lipinski definition) is 0. The largest absolute Gasteiger partial charge is 0.326 e. The van der Waals surface area contributed by atoms with E-state index in [1.54, 1.807) is 17.0 Å². The van der Waals surface area contributed by atoms with Crippen LogP contribution >= 0.6 is 0 Å². The lowest BCUT2D eigenvalue weighted by Crippen LogP contribution is -2.53. The lowest BCUT2D eigenvalue weighted by molar-refractivity contribution is -0.130. The van der Waals surface area contributed by atoms with Gasteiger partial charge in [-0.1, -0.05) is 66.7 Å². The van der Waals surface area contributed by atoms with E-state index in [1.807, 2.05) is 24.3 Å². The Labute approximate surface area is 181 Å². The van der Waals surface area contributed by atoms with Gasteiger partial charge in [0, 0.05) is 26.1 Å².